The Balaban J connectivity index is 1.30. The van der Waals surface area contributed by atoms with Crippen molar-refractivity contribution in [3.8, 4) is 11.4 Å². The molecule has 1 N–H and O–H groups in total. The molecule has 0 aliphatic rings. The van der Waals surface area contributed by atoms with E-state index in [-0.39, 0.29) is 17.7 Å². The van der Waals surface area contributed by atoms with Crippen molar-refractivity contribution in [3.63, 3.8) is 0 Å². The maximum Gasteiger partial charge on any atom is 0.230 e. The molecule has 0 aliphatic carbocycles. The third kappa shape index (κ3) is 5.15. The minimum Gasteiger partial charge on any atom is -0.469 e. The van der Waals surface area contributed by atoms with Crippen LogP contribution in [0.3, 0.4) is 0 Å². The van der Waals surface area contributed by atoms with E-state index in [4.69, 9.17) is 4.42 Å². The number of carbonyl (C=O) groups excluding carboxylic acids is 1. The summed E-state index contributed by atoms with van der Waals surface area (Å²) in [6.07, 6.45) is 1.65. The number of thioether (sulfide) groups is 1. The molecule has 5 aromatic rings. The number of rotatable bonds is 8. The number of hydrogen-bond acceptors (Lipinski definition) is 5. The van der Waals surface area contributed by atoms with Gasteiger partial charge in [0.1, 0.15) is 5.76 Å². The molecule has 0 spiro atoms. The van der Waals surface area contributed by atoms with Crippen LogP contribution in [0.2, 0.25) is 0 Å². The van der Waals surface area contributed by atoms with Gasteiger partial charge in [-0.3, -0.25) is 9.36 Å². The van der Waals surface area contributed by atoms with Gasteiger partial charge in [-0.25, -0.2) is 0 Å². The molecule has 35 heavy (non-hydrogen) atoms. The molecule has 0 fully saturated rings. The minimum atomic E-state index is -0.0981. The summed E-state index contributed by atoms with van der Waals surface area (Å²) in [7, 11) is 0. The van der Waals surface area contributed by atoms with E-state index in [0.29, 0.717) is 11.7 Å². The van der Waals surface area contributed by atoms with Gasteiger partial charge < -0.3 is 9.73 Å². The molecule has 6 nitrogen and oxygen atoms in total. The summed E-state index contributed by atoms with van der Waals surface area (Å²) < 4.78 is 7.53. The summed E-state index contributed by atoms with van der Waals surface area (Å²) in [5, 5.41) is 15.0. The molecule has 0 saturated heterocycles. The number of amides is 1. The predicted molar refractivity (Wildman–Crippen MR) is 139 cm³/mol. The van der Waals surface area contributed by atoms with Crippen molar-refractivity contribution in [2.24, 2.45) is 0 Å². The summed E-state index contributed by atoms with van der Waals surface area (Å²) >= 11 is 1.38. The van der Waals surface area contributed by atoms with Gasteiger partial charge in [0.05, 0.1) is 30.2 Å². The molecule has 0 radical (unpaired) electrons. The van der Waals surface area contributed by atoms with Gasteiger partial charge in [0.2, 0.25) is 5.91 Å². The molecule has 1 unspecified atom stereocenters. The lowest BCUT2D eigenvalue weighted by molar-refractivity contribution is -0.119. The maximum atomic E-state index is 12.8. The SMILES string of the molecule is Cc1occc1-c1nnc(SCC(=O)NC(C)c2ccc3ccccc3c2)n1Cc1ccccc1. The first-order valence-electron chi connectivity index (χ1n) is 11.5. The molecule has 0 saturated carbocycles. The normalized spacial score (nSPS) is 12.1. The number of aryl methyl sites for hydroxylation is 1. The lowest BCUT2D eigenvalue weighted by Crippen LogP contribution is -2.28. The van der Waals surface area contributed by atoms with E-state index in [0.717, 1.165) is 33.7 Å². The molecular weight excluding hydrogens is 456 g/mol. The molecule has 3 aromatic carbocycles. The topological polar surface area (TPSA) is 72.9 Å². The Morgan fingerprint density at radius 1 is 1.00 bits per heavy atom. The van der Waals surface area contributed by atoms with E-state index in [1.165, 1.54) is 17.1 Å². The van der Waals surface area contributed by atoms with Gasteiger partial charge in [-0.05, 0) is 47.9 Å². The second-order valence-corrected chi connectivity index (χ2v) is 9.40. The van der Waals surface area contributed by atoms with Crippen LogP contribution in [-0.4, -0.2) is 26.4 Å². The standard InChI is InChI=1S/C28H26N4O2S/c1-19(23-13-12-22-10-6-7-11-24(22)16-23)29-26(33)18-35-28-31-30-27(25-14-15-34-20(25)2)32(28)17-21-8-4-3-5-9-21/h3-16,19H,17-18H2,1-2H3,(H,29,33). The van der Waals surface area contributed by atoms with Gasteiger partial charge in [-0.1, -0.05) is 78.5 Å². The number of hydrogen-bond donors (Lipinski definition) is 1. The monoisotopic (exact) mass is 482 g/mol. The number of aromatic nitrogens is 3. The van der Waals surface area contributed by atoms with Crippen molar-refractivity contribution < 1.29 is 9.21 Å². The lowest BCUT2D eigenvalue weighted by Gasteiger charge is -2.15. The van der Waals surface area contributed by atoms with Gasteiger partial charge in [0.15, 0.2) is 11.0 Å². The minimum absolute atomic E-state index is 0.0500. The zero-order valence-electron chi connectivity index (χ0n) is 19.6. The fourth-order valence-electron chi connectivity index (χ4n) is 4.09. The Morgan fingerprint density at radius 3 is 2.54 bits per heavy atom. The van der Waals surface area contributed by atoms with E-state index in [2.05, 4.69) is 58.0 Å². The highest BCUT2D eigenvalue weighted by Crippen LogP contribution is 2.28. The fraction of sp³-hybridized carbons (Fsp3) is 0.179. The van der Waals surface area contributed by atoms with E-state index in [1.54, 1.807) is 6.26 Å². The largest absolute Gasteiger partial charge is 0.469 e. The van der Waals surface area contributed by atoms with Crippen molar-refractivity contribution in [2.45, 2.75) is 31.6 Å². The first-order chi connectivity index (χ1) is 17.1. The molecule has 1 atom stereocenters. The van der Waals surface area contributed by atoms with Crippen LogP contribution < -0.4 is 5.32 Å². The van der Waals surface area contributed by atoms with Crippen LogP contribution in [0, 0.1) is 6.92 Å². The third-order valence-corrected chi connectivity index (χ3v) is 6.95. The highest BCUT2D eigenvalue weighted by molar-refractivity contribution is 7.99. The number of carbonyl (C=O) groups is 1. The van der Waals surface area contributed by atoms with Crippen LogP contribution >= 0.6 is 11.8 Å². The summed E-state index contributed by atoms with van der Waals surface area (Å²) in [6, 6.07) is 26.5. The number of furan rings is 1. The summed E-state index contributed by atoms with van der Waals surface area (Å²) in [4.78, 5) is 12.8. The average molecular weight is 483 g/mol. The van der Waals surface area contributed by atoms with Gasteiger partial charge in [0, 0.05) is 0 Å². The zero-order valence-corrected chi connectivity index (χ0v) is 20.5. The van der Waals surface area contributed by atoms with Crippen LogP contribution in [-0.2, 0) is 11.3 Å². The van der Waals surface area contributed by atoms with Crippen LogP contribution in [0.1, 0.15) is 29.9 Å². The fourth-order valence-corrected chi connectivity index (χ4v) is 4.84. The van der Waals surface area contributed by atoms with E-state index in [9.17, 15) is 4.79 Å². The molecule has 176 valence electrons. The quantitative estimate of drug-likeness (QED) is 0.274. The average Bonchev–Trinajstić information content (AvgIpc) is 3.48. The first kappa shape index (κ1) is 22.9. The first-order valence-corrected chi connectivity index (χ1v) is 12.5. The molecule has 1 amide bonds. The van der Waals surface area contributed by atoms with E-state index in [1.807, 2.05) is 54.8 Å². The summed E-state index contributed by atoms with van der Waals surface area (Å²) in [5.74, 6) is 1.71. The molecule has 2 heterocycles. The zero-order chi connectivity index (χ0) is 24.2. The van der Waals surface area contributed by atoms with Crippen molar-refractivity contribution >= 4 is 28.4 Å². The van der Waals surface area contributed by atoms with Gasteiger partial charge in [-0.2, -0.15) is 0 Å². The number of nitrogens with one attached hydrogen (secondary N) is 1. The number of fused-ring (bicyclic) bond motifs is 1. The Bertz CT molecular complexity index is 1460. The molecular formula is C28H26N4O2S. The van der Waals surface area contributed by atoms with Gasteiger partial charge in [0.25, 0.3) is 0 Å². The smallest absolute Gasteiger partial charge is 0.230 e. The highest BCUT2D eigenvalue weighted by atomic mass is 32.2. The molecule has 0 aliphatic heterocycles. The number of nitrogens with zero attached hydrogens (tertiary/aromatic N) is 3. The lowest BCUT2D eigenvalue weighted by atomic mass is 10.0. The van der Waals surface area contributed by atoms with Crippen LogP contribution in [0.4, 0.5) is 0 Å². The van der Waals surface area contributed by atoms with Crippen LogP contribution in [0.5, 0.6) is 0 Å². The van der Waals surface area contributed by atoms with E-state index < -0.39 is 0 Å². The van der Waals surface area contributed by atoms with Gasteiger partial charge >= 0.3 is 0 Å². The Labute approximate surface area is 208 Å². The second kappa shape index (κ2) is 10.2. The van der Waals surface area contributed by atoms with Crippen molar-refractivity contribution in [1.29, 1.82) is 0 Å². The molecule has 5 rings (SSSR count). The Hall–Kier alpha value is -3.84. The van der Waals surface area contributed by atoms with Gasteiger partial charge in [-0.15, -0.1) is 10.2 Å². The Kier molecular flexibility index (Phi) is 6.68. The maximum absolute atomic E-state index is 12.8. The van der Waals surface area contributed by atoms with Crippen molar-refractivity contribution in [1.82, 2.24) is 20.1 Å². The number of benzene rings is 3. The highest BCUT2D eigenvalue weighted by Gasteiger charge is 2.19. The van der Waals surface area contributed by atoms with Crippen LogP contribution in [0.25, 0.3) is 22.2 Å². The third-order valence-electron chi connectivity index (χ3n) is 5.98. The van der Waals surface area contributed by atoms with Crippen LogP contribution in [0.15, 0.2) is 94.7 Å². The van der Waals surface area contributed by atoms with E-state index >= 15 is 0 Å². The van der Waals surface area contributed by atoms with Crippen molar-refractivity contribution in [2.75, 3.05) is 5.75 Å². The Morgan fingerprint density at radius 2 is 1.77 bits per heavy atom. The second-order valence-electron chi connectivity index (χ2n) is 8.45. The van der Waals surface area contributed by atoms with Crippen molar-refractivity contribution in [3.05, 3.63) is 102 Å². The molecule has 2 aromatic heterocycles. The predicted octanol–water partition coefficient (Wildman–Crippen LogP) is 6.02. The molecule has 7 heteroatoms. The summed E-state index contributed by atoms with van der Waals surface area (Å²) in [5.41, 5.74) is 3.10. The molecule has 0 bridgehead atoms. The summed E-state index contributed by atoms with van der Waals surface area (Å²) in [6.45, 7) is 4.51.